The topological polar surface area (TPSA) is 107 Å². The highest BCUT2D eigenvalue weighted by Gasteiger charge is 2.18. The van der Waals surface area contributed by atoms with Gasteiger partial charge in [0.1, 0.15) is 5.56 Å². The molecular formula is C9H7NO6S. The van der Waals surface area contributed by atoms with Crippen LogP contribution in [0, 0.1) is 10.1 Å². The summed E-state index contributed by atoms with van der Waals surface area (Å²) in [5, 5.41) is 19.3. The second kappa shape index (κ2) is 5.30. The molecule has 1 aromatic carbocycles. The van der Waals surface area contributed by atoms with E-state index in [9.17, 15) is 19.7 Å². The number of carboxylic acid groups (broad SMARTS) is 1. The van der Waals surface area contributed by atoms with E-state index in [1.807, 2.05) is 0 Å². The minimum atomic E-state index is -1.35. The highest BCUT2D eigenvalue weighted by molar-refractivity contribution is 7.81. The number of rotatable bonds is 4. The minimum absolute atomic E-state index is 0.262. The maximum atomic E-state index is 11.0. The van der Waals surface area contributed by atoms with Crippen molar-refractivity contribution in [3.63, 3.8) is 0 Å². The molecule has 0 aliphatic heterocycles. The van der Waals surface area contributed by atoms with E-state index in [0.29, 0.717) is 0 Å². The number of benzene rings is 1. The monoisotopic (exact) mass is 257 g/mol. The molecule has 90 valence electrons. The Balaban J connectivity index is 3.20. The Labute approximate surface area is 101 Å². The molecule has 0 bridgehead atoms. The van der Waals surface area contributed by atoms with E-state index >= 15 is 0 Å². The second-order valence-corrected chi connectivity index (χ2v) is 3.19. The third-order valence-electron chi connectivity index (χ3n) is 1.76. The van der Waals surface area contributed by atoms with Gasteiger partial charge in [0.2, 0.25) is 0 Å². The van der Waals surface area contributed by atoms with Crippen molar-refractivity contribution in [3.05, 3.63) is 33.9 Å². The fourth-order valence-electron chi connectivity index (χ4n) is 1.04. The van der Waals surface area contributed by atoms with E-state index in [4.69, 9.17) is 5.11 Å². The number of esters is 1. The molecule has 17 heavy (non-hydrogen) atoms. The van der Waals surface area contributed by atoms with Crippen LogP contribution in [0.15, 0.2) is 18.2 Å². The van der Waals surface area contributed by atoms with Gasteiger partial charge in [0.05, 0.1) is 16.7 Å². The molecule has 0 aromatic heterocycles. The average Bonchev–Trinajstić information content (AvgIpc) is 2.28. The van der Waals surface area contributed by atoms with Gasteiger partial charge < -0.3 is 9.84 Å². The summed E-state index contributed by atoms with van der Waals surface area (Å²) in [5.41, 5.74) is -0.692. The van der Waals surface area contributed by atoms with Crippen LogP contribution in [-0.2, 0) is 4.79 Å². The Morgan fingerprint density at radius 3 is 2.59 bits per heavy atom. The normalized spacial score (nSPS) is 9.71. The largest absolute Gasteiger partial charge is 0.478 e. The number of carboxylic acids is 1. The van der Waals surface area contributed by atoms with Crippen LogP contribution in [0.2, 0.25) is 0 Å². The van der Waals surface area contributed by atoms with E-state index in [-0.39, 0.29) is 22.8 Å². The highest BCUT2D eigenvalue weighted by Crippen LogP contribution is 2.25. The van der Waals surface area contributed by atoms with Gasteiger partial charge in [-0.05, 0) is 6.07 Å². The smallest absolute Gasteiger partial charge is 0.339 e. The van der Waals surface area contributed by atoms with Crippen LogP contribution in [0.4, 0.5) is 5.69 Å². The lowest BCUT2D eigenvalue weighted by molar-refractivity contribution is -0.384. The predicted octanol–water partition coefficient (Wildman–Crippen LogP) is 1.13. The quantitative estimate of drug-likeness (QED) is 0.275. The van der Waals surface area contributed by atoms with Gasteiger partial charge in [-0.25, -0.2) is 4.79 Å². The lowest BCUT2D eigenvalue weighted by atomic mass is 10.2. The summed E-state index contributed by atoms with van der Waals surface area (Å²) in [5.74, 6) is -2.77. The molecule has 0 heterocycles. The number of thiol groups is 1. The molecule has 8 heteroatoms. The Kier molecular flexibility index (Phi) is 4.05. The SMILES string of the molecule is O=C(CS)Oc1cc([N+](=O)[O-])ccc1C(=O)O. The van der Waals surface area contributed by atoms with Gasteiger partial charge in [-0.15, -0.1) is 0 Å². The van der Waals surface area contributed by atoms with Crippen LogP contribution in [0.25, 0.3) is 0 Å². The van der Waals surface area contributed by atoms with Gasteiger partial charge in [-0.1, -0.05) is 0 Å². The van der Waals surface area contributed by atoms with Crippen molar-refractivity contribution in [2.75, 3.05) is 5.75 Å². The first-order chi connectivity index (χ1) is 7.95. The zero-order valence-corrected chi connectivity index (χ0v) is 9.22. The number of hydrogen-bond acceptors (Lipinski definition) is 6. The Bertz CT molecular complexity index is 486. The number of nitro benzene ring substituents is 1. The second-order valence-electron chi connectivity index (χ2n) is 2.87. The first kappa shape index (κ1) is 13.0. The van der Waals surface area contributed by atoms with Gasteiger partial charge in [-0.3, -0.25) is 14.9 Å². The van der Waals surface area contributed by atoms with Crippen LogP contribution >= 0.6 is 12.6 Å². The fourth-order valence-corrected chi connectivity index (χ4v) is 1.11. The molecule has 0 atom stereocenters. The molecular weight excluding hydrogens is 250 g/mol. The number of hydrogen-bond donors (Lipinski definition) is 2. The summed E-state index contributed by atoms with van der Waals surface area (Å²) in [4.78, 5) is 31.5. The van der Waals surface area contributed by atoms with Gasteiger partial charge in [0.15, 0.2) is 5.75 Å². The minimum Gasteiger partial charge on any atom is -0.478 e. The standard InChI is InChI=1S/C9H7NO6S/c11-8(4-17)16-7-3-5(10(14)15)1-2-6(7)9(12)13/h1-3,17H,4H2,(H,12,13). The molecule has 0 aliphatic carbocycles. The van der Waals surface area contributed by atoms with Crippen LogP contribution in [0.3, 0.4) is 0 Å². The van der Waals surface area contributed by atoms with Crippen molar-refractivity contribution in [2.45, 2.75) is 0 Å². The molecule has 1 aromatic rings. The van der Waals surface area contributed by atoms with Crippen LogP contribution in [0.5, 0.6) is 5.75 Å². The lowest BCUT2D eigenvalue weighted by Gasteiger charge is -2.05. The molecule has 1 N–H and O–H groups in total. The predicted molar refractivity (Wildman–Crippen MR) is 59.5 cm³/mol. The molecule has 0 unspecified atom stereocenters. The van der Waals surface area contributed by atoms with E-state index < -0.39 is 16.9 Å². The van der Waals surface area contributed by atoms with Gasteiger partial charge in [0, 0.05) is 6.07 Å². The number of ether oxygens (including phenoxy) is 1. The zero-order valence-electron chi connectivity index (χ0n) is 8.32. The van der Waals surface area contributed by atoms with Gasteiger partial charge >= 0.3 is 11.9 Å². The van der Waals surface area contributed by atoms with E-state index in [1.165, 1.54) is 0 Å². The fraction of sp³-hybridized carbons (Fsp3) is 0.111. The van der Waals surface area contributed by atoms with Crippen molar-refractivity contribution < 1.29 is 24.4 Å². The van der Waals surface area contributed by atoms with E-state index in [1.54, 1.807) is 0 Å². The van der Waals surface area contributed by atoms with Crippen LogP contribution < -0.4 is 4.74 Å². The summed E-state index contributed by atoms with van der Waals surface area (Å²) < 4.78 is 4.65. The summed E-state index contributed by atoms with van der Waals surface area (Å²) in [6.45, 7) is 0. The number of nitro groups is 1. The van der Waals surface area contributed by atoms with E-state index in [2.05, 4.69) is 17.4 Å². The Hall–Kier alpha value is -2.09. The molecule has 0 spiro atoms. The number of carbonyl (C=O) groups excluding carboxylic acids is 1. The molecule has 0 saturated carbocycles. The Morgan fingerprint density at radius 1 is 1.47 bits per heavy atom. The molecule has 7 nitrogen and oxygen atoms in total. The molecule has 0 aliphatic rings. The highest BCUT2D eigenvalue weighted by atomic mass is 32.1. The van der Waals surface area contributed by atoms with Crippen molar-refractivity contribution in [3.8, 4) is 5.75 Å². The third-order valence-corrected chi connectivity index (χ3v) is 2.02. The maximum absolute atomic E-state index is 11.0. The third kappa shape index (κ3) is 3.18. The van der Waals surface area contributed by atoms with E-state index in [0.717, 1.165) is 18.2 Å². The first-order valence-corrected chi connectivity index (χ1v) is 4.92. The number of non-ortho nitro benzene ring substituents is 1. The average molecular weight is 257 g/mol. The number of carbonyl (C=O) groups is 2. The lowest BCUT2D eigenvalue weighted by Crippen LogP contribution is -2.12. The molecule has 1 rings (SSSR count). The summed E-state index contributed by atoms with van der Waals surface area (Å²) in [6.07, 6.45) is 0. The molecule has 0 fully saturated rings. The zero-order chi connectivity index (χ0) is 13.0. The summed E-state index contributed by atoms with van der Waals surface area (Å²) >= 11 is 3.64. The van der Waals surface area contributed by atoms with Crippen molar-refractivity contribution in [1.29, 1.82) is 0 Å². The summed E-state index contributed by atoms with van der Waals surface area (Å²) in [6, 6.07) is 2.90. The van der Waals surface area contributed by atoms with Gasteiger partial charge in [0.25, 0.3) is 5.69 Å². The molecule has 0 radical (unpaired) electrons. The first-order valence-electron chi connectivity index (χ1n) is 4.29. The molecule has 0 amide bonds. The van der Waals surface area contributed by atoms with Crippen molar-refractivity contribution >= 4 is 30.3 Å². The number of aromatic carboxylic acids is 1. The van der Waals surface area contributed by atoms with Gasteiger partial charge in [-0.2, -0.15) is 12.6 Å². The molecule has 0 saturated heterocycles. The van der Waals surface area contributed by atoms with Crippen molar-refractivity contribution in [2.24, 2.45) is 0 Å². The van der Waals surface area contributed by atoms with Crippen LogP contribution in [-0.4, -0.2) is 27.7 Å². The summed E-state index contributed by atoms with van der Waals surface area (Å²) in [7, 11) is 0. The number of nitrogens with zero attached hydrogens (tertiary/aromatic N) is 1. The van der Waals surface area contributed by atoms with Crippen molar-refractivity contribution in [1.82, 2.24) is 0 Å². The Morgan fingerprint density at radius 2 is 2.12 bits per heavy atom. The van der Waals surface area contributed by atoms with Crippen LogP contribution in [0.1, 0.15) is 10.4 Å². The maximum Gasteiger partial charge on any atom is 0.339 e.